The molecule has 2 aromatic carbocycles. The maximum Gasteiger partial charge on any atom is 0.295 e. The summed E-state index contributed by atoms with van der Waals surface area (Å²) in [6.45, 7) is 5.60. The third-order valence-electron chi connectivity index (χ3n) is 4.94. The van der Waals surface area contributed by atoms with E-state index in [0.717, 1.165) is 6.07 Å². The second-order valence-corrected chi connectivity index (χ2v) is 8.69. The highest BCUT2D eigenvalue weighted by molar-refractivity contribution is 7.89. The molecule has 0 aromatic heterocycles. The first-order chi connectivity index (χ1) is 15.6. The summed E-state index contributed by atoms with van der Waals surface area (Å²) in [6, 6.07) is 7.04. The number of nitrogens with one attached hydrogen (secondary N) is 1. The smallest absolute Gasteiger partial charge is 0.295 e. The van der Waals surface area contributed by atoms with E-state index in [4.69, 9.17) is 14.2 Å². The highest BCUT2D eigenvalue weighted by atomic mass is 32.2. The molecule has 0 aliphatic rings. The molecular weight excluding hydrogens is 452 g/mol. The van der Waals surface area contributed by atoms with Gasteiger partial charge in [-0.25, -0.2) is 8.42 Å². The summed E-state index contributed by atoms with van der Waals surface area (Å²) in [5, 5.41) is 15.8. The van der Waals surface area contributed by atoms with E-state index in [1.165, 1.54) is 37.8 Å². The van der Waals surface area contributed by atoms with E-state index < -0.39 is 20.6 Å². The standard InChI is InChI=1S/C21H28N4O7S/c1-7-24(8-2)33(28,29)16-9-10-17(18(13-16)25(26)27)23-22-14(3)15-11-19(30-4)21(32-6)20(12-15)31-5/h9-13,23H,7-8H2,1-6H3/b22-14-. The van der Waals surface area contributed by atoms with Crippen molar-refractivity contribution in [3.05, 3.63) is 46.0 Å². The zero-order valence-electron chi connectivity index (χ0n) is 19.4. The maximum absolute atomic E-state index is 12.7. The molecule has 0 heterocycles. The zero-order valence-corrected chi connectivity index (χ0v) is 20.2. The van der Waals surface area contributed by atoms with Crippen LogP contribution in [0.25, 0.3) is 0 Å². The predicted octanol–water partition coefficient (Wildman–Crippen LogP) is 3.49. The minimum absolute atomic E-state index is 0.0466. The van der Waals surface area contributed by atoms with Gasteiger partial charge in [-0.2, -0.15) is 9.41 Å². The first kappa shape index (κ1) is 25.9. The maximum atomic E-state index is 12.7. The van der Waals surface area contributed by atoms with E-state index in [9.17, 15) is 18.5 Å². The van der Waals surface area contributed by atoms with Gasteiger partial charge in [0.2, 0.25) is 15.8 Å². The zero-order chi connectivity index (χ0) is 24.8. The Bertz CT molecular complexity index is 1120. The molecule has 1 N–H and O–H groups in total. The van der Waals surface area contributed by atoms with Gasteiger partial charge in [-0.1, -0.05) is 13.8 Å². The first-order valence-electron chi connectivity index (χ1n) is 10.0. The number of nitro benzene ring substituents is 1. The molecule has 0 amide bonds. The van der Waals surface area contributed by atoms with Crippen LogP contribution in [0.15, 0.2) is 40.3 Å². The van der Waals surface area contributed by atoms with Gasteiger partial charge >= 0.3 is 0 Å². The van der Waals surface area contributed by atoms with E-state index in [2.05, 4.69) is 10.5 Å². The van der Waals surface area contributed by atoms with Gasteiger partial charge in [-0.3, -0.25) is 15.5 Å². The number of sulfonamides is 1. The molecule has 0 aliphatic heterocycles. The Morgan fingerprint density at radius 2 is 1.64 bits per heavy atom. The molecule has 0 aliphatic carbocycles. The summed E-state index contributed by atoms with van der Waals surface area (Å²) in [6.07, 6.45) is 0. The lowest BCUT2D eigenvalue weighted by Crippen LogP contribution is -2.30. The fourth-order valence-corrected chi connectivity index (χ4v) is 4.61. The summed E-state index contributed by atoms with van der Waals surface area (Å²) in [7, 11) is 0.625. The number of anilines is 1. The molecule has 0 spiro atoms. The number of nitrogens with zero attached hydrogens (tertiary/aromatic N) is 3. The summed E-state index contributed by atoms with van der Waals surface area (Å²) >= 11 is 0. The highest BCUT2D eigenvalue weighted by Crippen LogP contribution is 2.38. The number of hydrogen-bond acceptors (Lipinski definition) is 9. The average molecular weight is 481 g/mol. The van der Waals surface area contributed by atoms with Crippen molar-refractivity contribution in [3.63, 3.8) is 0 Å². The lowest BCUT2D eigenvalue weighted by atomic mass is 10.1. The Kier molecular flexibility index (Phi) is 8.60. The lowest BCUT2D eigenvalue weighted by molar-refractivity contribution is -0.384. The molecule has 2 rings (SSSR count). The first-order valence-corrected chi connectivity index (χ1v) is 11.5. The molecule has 33 heavy (non-hydrogen) atoms. The molecule has 11 nitrogen and oxygen atoms in total. The largest absolute Gasteiger partial charge is 0.493 e. The van der Waals surface area contributed by atoms with Crippen molar-refractivity contribution in [2.45, 2.75) is 25.7 Å². The highest BCUT2D eigenvalue weighted by Gasteiger charge is 2.25. The molecule has 0 saturated heterocycles. The Hall–Kier alpha value is -3.38. The Balaban J connectivity index is 2.44. The molecule has 0 saturated carbocycles. The molecule has 2 aromatic rings. The van der Waals surface area contributed by atoms with Crippen molar-refractivity contribution in [1.29, 1.82) is 0 Å². The number of nitro groups is 1. The molecule has 12 heteroatoms. The van der Waals surface area contributed by atoms with Crippen molar-refractivity contribution in [3.8, 4) is 17.2 Å². The number of benzene rings is 2. The van der Waals surface area contributed by atoms with E-state index in [-0.39, 0.29) is 23.7 Å². The Morgan fingerprint density at radius 1 is 1.06 bits per heavy atom. The third kappa shape index (κ3) is 5.52. The fourth-order valence-electron chi connectivity index (χ4n) is 3.13. The third-order valence-corrected chi connectivity index (χ3v) is 6.98. The second kappa shape index (κ2) is 11.0. The van der Waals surface area contributed by atoms with E-state index in [1.807, 2.05) is 0 Å². The number of hydrazone groups is 1. The predicted molar refractivity (Wildman–Crippen MR) is 125 cm³/mol. The van der Waals surface area contributed by atoms with Gasteiger partial charge in [-0.15, -0.1) is 0 Å². The Morgan fingerprint density at radius 3 is 2.09 bits per heavy atom. The van der Waals surface area contributed by atoms with Crippen LogP contribution in [0.3, 0.4) is 0 Å². The molecule has 0 atom stereocenters. The van der Waals surface area contributed by atoms with Crippen molar-refractivity contribution in [2.24, 2.45) is 5.10 Å². The van der Waals surface area contributed by atoms with Crippen LogP contribution in [-0.4, -0.2) is 57.8 Å². The minimum atomic E-state index is -3.84. The van der Waals surface area contributed by atoms with Crippen LogP contribution in [0.1, 0.15) is 26.3 Å². The van der Waals surface area contributed by atoms with Crippen LogP contribution in [0.5, 0.6) is 17.2 Å². The van der Waals surface area contributed by atoms with E-state index in [1.54, 1.807) is 32.9 Å². The second-order valence-electron chi connectivity index (χ2n) is 6.75. The lowest BCUT2D eigenvalue weighted by Gasteiger charge is -2.18. The van der Waals surface area contributed by atoms with Gasteiger partial charge in [-0.05, 0) is 31.2 Å². The summed E-state index contributed by atoms with van der Waals surface area (Å²) < 4.78 is 42.7. The quantitative estimate of drug-likeness (QED) is 0.294. The van der Waals surface area contributed by atoms with E-state index >= 15 is 0 Å². The molecule has 180 valence electrons. The van der Waals surface area contributed by atoms with Gasteiger partial charge in [0.25, 0.3) is 5.69 Å². The van der Waals surface area contributed by atoms with Crippen LogP contribution in [0.2, 0.25) is 0 Å². The summed E-state index contributed by atoms with van der Waals surface area (Å²) in [5.41, 5.74) is 3.39. The molecule has 0 bridgehead atoms. The Labute approximate surface area is 193 Å². The van der Waals surface area contributed by atoms with Crippen molar-refractivity contribution >= 4 is 27.1 Å². The fraction of sp³-hybridized carbons (Fsp3) is 0.381. The molecular formula is C21H28N4O7S. The number of rotatable bonds is 11. The summed E-state index contributed by atoms with van der Waals surface area (Å²) in [4.78, 5) is 10.8. The van der Waals surface area contributed by atoms with Gasteiger partial charge in [0.1, 0.15) is 5.69 Å². The minimum Gasteiger partial charge on any atom is -0.493 e. The topological polar surface area (TPSA) is 133 Å². The van der Waals surface area contributed by atoms with Crippen LogP contribution in [0.4, 0.5) is 11.4 Å². The van der Waals surface area contributed by atoms with Crippen LogP contribution in [0, 0.1) is 10.1 Å². The van der Waals surface area contributed by atoms with Gasteiger partial charge in [0.05, 0.1) is 36.9 Å². The van der Waals surface area contributed by atoms with Crippen molar-refractivity contribution < 1.29 is 27.6 Å². The number of methoxy groups -OCH3 is 3. The van der Waals surface area contributed by atoms with E-state index in [0.29, 0.717) is 28.5 Å². The van der Waals surface area contributed by atoms with Crippen molar-refractivity contribution in [1.82, 2.24) is 4.31 Å². The SMILES string of the molecule is CCN(CC)S(=O)(=O)c1ccc(N/N=C(/C)c2cc(OC)c(OC)c(OC)c2)c([N+](=O)[O-])c1. The van der Waals surface area contributed by atoms with Gasteiger partial charge in [0, 0.05) is 24.7 Å². The van der Waals surface area contributed by atoms with Gasteiger partial charge < -0.3 is 14.2 Å². The van der Waals surface area contributed by atoms with Crippen LogP contribution in [-0.2, 0) is 10.0 Å². The van der Waals surface area contributed by atoms with Crippen LogP contribution >= 0.6 is 0 Å². The van der Waals surface area contributed by atoms with Crippen molar-refractivity contribution in [2.75, 3.05) is 39.8 Å². The normalized spacial score (nSPS) is 11.9. The molecule has 0 unspecified atom stereocenters. The molecule has 0 radical (unpaired) electrons. The monoisotopic (exact) mass is 480 g/mol. The average Bonchev–Trinajstić information content (AvgIpc) is 2.81. The molecule has 0 fully saturated rings. The van der Waals surface area contributed by atoms with Gasteiger partial charge in [0.15, 0.2) is 11.5 Å². The number of hydrogen-bond donors (Lipinski definition) is 1. The van der Waals surface area contributed by atoms with Crippen LogP contribution < -0.4 is 19.6 Å². The number of ether oxygens (including phenoxy) is 3. The summed E-state index contributed by atoms with van der Waals surface area (Å²) in [5.74, 6) is 1.28.